The van der Waals surface area contributed by atoms with Crippen LogP contribution in [0.2, 0.25) is 0 Å². The number of carbonyl (C=O) groups excluding carboxylic acids is 1. The van der Waals surface area contributed by atoms with Gasteiger partial charge in [0.25, 0.3) is 5.91 Å². The van der Waals surface area contributed by atoms with Crippen LogP contribution in [0.3, 0.4) is 0 Å². The summed E-state index contributed by atoms with van der Waals surface area (Å²) in [5, 5.41) is 7.62. The van der Waals surface area contributed by atoms with Crippen LogP contribution in [0.25, 0.3) is 16.8 Å². The van der Waals surface area contributed by atoms with Crippen LogP contribution in [0.4, 0.5) is 0 Å². The van der Waals surface area contributed by atoms with Gasteiger partial charge in [-0.05, 0) is 36.3 Å². The number of benzene rings is 1. The van der Waals surface area contributed by atoms with Crippen molar-refractivity contribution in [1.82, 2.24) is 19.9 Å². The van der Waals surface area contributed by atoms with E-state index in [-0.39, 0.29) is 5.91 Å². The first kappa shape index (κ1) is 22.0. The van der Waals surface area contributed by atoms with E-state index < -0.39 is 0 Å². The minimum Gasteiger partial charge on any atom is -0.352 e. The Morgan fingerprint density at radius 2 is 1.87 bits per heavy atom. The van der Waals surface area contributed by atoms with E-state index in [4.69, 9.17) is 0 Å². The van der Waals surface area contributed by atoms with Gasteiger partial charge in [-0.3, -0.25) is 4.79 Å². The zero-order valence-electron chi connectivity index (χ0n) is 18.9. The SMILES string of the molecule is CCCC[C@@H](CC)CNC(=O)c1cnc2c(-c3ccc(C(C)C)cc3)cnn2c1C. The van der Waals surface area contributed by atoms with Crippen molar-refractivity contribution < 1.29 is 4.79 Å². The van der Waals surface area contributed by atoms with Gasteiger partial charge < -0.3 is 5.32 Å². The van der Waals surface area contributed by atoms with Gasteiger partial charge in [-0.15, -0.1) is 0 Å². The van der Waals surface area contributed by atoms with Gasteiger partial charge in [-0.1, -0.05) is 71.2 Å². The lowest BCUT2D eigenvalue weighted by molar-refractivity contribution is 0.0944. The fraction of sp³-hybridized carbons (Fsp3) is 0.480. The second-order valence-electron chi connectivity index (χ2n) is 8.45. The molecule has 0 spiro atoms. The van der Waals surface area contributed by atoms with Crippen molar-refractivity contribution in [3.8, 4) is 11.1 Å². The van der Waals surface area contributed by atoms with E-state index in [1.54, 1.807) is 10.7 Å². The second-order valence-corrected chi connectivity index (χ2v) is 8.45. The third kappa shape index (κ3) is 4.72. The lowest BCUT2D eigenvalue weighted by Crippen LogP contribution is -2.30. The van der Waals surface area contributed by atoms with Gasteiger partial charge in [0, 0.05) is 18.3 Å². The largest absolute Gasteiger partial charge is 0.352 e. The lowest BCUT2D eigenvalue weighted by Gasteiger charge is -2.16. The third-order valence-electron chi connectivity index (χ3n) is 5.99. The summed E-state index contributed by atoms with van der Waals surface area (Å²) in [6, 6.07) is 8.54. The third-order valence-corrected chi connectivity index (χ3v) is 5.99. The number of amides is 1. The fourth-order valence-electron chi connectivity index (χ4n) is 3.79. The summed E-state index contributed by atoms with van der Waals surface area (Å²) < 4.78 is 1.77. The average Bonchev–Trinajstić information content (AvgIpc) is 3.19. The molecule has 3 aromatic rings. The van der Waals surface area contributed by atoms with E-state index in [1.807, 2.05) is 13.1 Å². The van der Waals surface area contributed by atoms with Crippen LogP contribution in [0.15, 0.2) is 36.7 Å². The normalized spacial score (nSPS) is 12.5. The van der Waals surface area contributed by atoms with Crippen LogP contribution in [-0.2, 0) is 0 Å². The summed E-state index contributed by atoms with van der Waals surface area (Å²) in [4.78, 5) is 17.4. The molecule has 0 aliphatic carbocycles. The van der Waals surface area contributed by atoms with E-state index in [1.165, 1.54) is 18.4 Å². The summed E-state index contributed by atoms with van der Waals surface area (Å²) >= 11 is 0. The van der Waals surface area contributed by atoms with Crippen LogP contribution in [0.1, 0.15) is 80.9 Å². The number of unbranched alkanes of at least 4 members (excludes halogenated alkanes) is 1. The zero-order chi connectivity index (χ0) is 21.7. The van der Waals surface area contributed by atoms with Gasteiger partial charge >= 0.3 is 0 Å². The first-order valence-electron chi connectivity index (χ1n) is 11.2. The Bertz CT molecular complexity index is 988. The smallest absolute Gasteiger partial charge is 0.254 e. The molecule has 0 aliphatic rings. The first-order valence-corrected chi connectivity index (χ1v) is 11.2. The predicted octanol–water partition coefficient (Wildman–Crippen LogP) is 5.77. The Morgan fingerprint density at radius 1 is 1.13 bits per heavy atom. The van der Waals surface area contributed by atoms with Crippen molar-refractivity contribution in [2.45, 2.75) is 66.2 Å². The van der Waals surface area contributed by atoms with Gasteiger partial charge in [0.1, 0.15) is 0 Å². The summed E-state index contributed by atoms with van der Waals surface area (Å²) in [7, 11) is 0. The maximum Gasteiger partial charge on any atom is 0.254 e. The number of nitrogens with zero attached hydrogens (tertiary/aromatic N) is 3. The van der Waals surface area contributed by atoms with Crippen molar-refractivity contribution >= 4 is 11.6 Å². The zero-order valence-corrected chi connectivity index (χ0v) is 18.9. The van der Waals surface area contributed by atoms with Crippen LogP contribution < -0.4 is 5.32 Å². The van der Waals surface area contributed by atoms with Crippen LogP contribution in [0.5, 0.6) is 0 Å². The van der Waals surface area contributed by atoms with E-state index in [2.05, 4.69) is 67.4 Å². The van der Waals surface area contributed by atoms with Gasteiger partial charge in [-0.25, -0.2) is 9.50 Å². The summed E-state index contributed by atoms with van der Waals surface area (Å²) in [6.07, 6.45) is 8.14. The minimum absolute atomic E-state index is 0.0739. The summed E-state index contributed by atoms with van der Waals surface area (Å²) in [5.74, 6) is 0.949. The van der Waals surface area contributed by atoms with Crippen molar-refractivity contribution in [1.29, 1.82) is 0 Å². The van der Waals surface area contributed by atoms with Gasteiger partial charge in [0.05, 0.1) is 17.5 Å². The molecule has 1 aromatic carbocycles. The van der Waals surface area contributed by atoms with E-state index in [9.17, 15) is 4.79 Å². The molecule has 1 amide bonds. The quantitative estimate of drug-likeness (QED) is 0.490. The van der Waals surface area contributed by atoms with Gasteiger partial charge in [-0.2, -0.15) is 5.10 Å². The Labute approximate surface area is 179 Å². The predicted molar refractivity (Wildman–Crippen MR) is 123 cm³/mol. The molecule has 0 fully saturated rings. The lowest BCUT2D eigenvalue weighted by atomic mass is 9.99. The molecule has 3 rings (SSSR count). The number of aryl methyl sites for hydroxylation is 1. The Kier molecular flexibility index (Phi) is 7.24. The highest BCUT2D eigenvalue weighted by Gasteiger charge is 2.17. The van der Waals surface area contributed by atoms with Crippen molar-refractivity contribution in [2.75, 3.05) is 6.54 Å². The highest BCUT2D eigenvalue weighted by atomic mass is 16.1. The number of hydrogen-bond acceptors (Lipinski definition) is 3. The average molecular weight is 407 g/mol. The van der Waals surface area contributed by atoms with E-state index in [0.717, 1.165) is 35.3 Å². The maximum atomic E-state index is 12.8. The highest BCUT2D eigenvalue weighted by Crippen LogP contribution is 2.26. The van der Waals surface area contributed by atoms with E-state index >= 15 is 0 Å². The first-order chi connectivity index (χ1) is 14.5. The molecule has 5 heteroatoms. The molecule has 1 N–H and O–H groups in total. The Hall–Kier alpha value is -2.69. The molecule has 0 radical (unpaired) electrons. The summed E-state index contributed by atoms with van der Waals surface area (Å²) in [6.45, 7) is 11.4. The van der Waals surface area contributed by atoms with E-state index in [0.29, 0.717) is 23.9 Å². The number of carbonyl (C=O) groups is 1. The van der Waals surface area contributed by atoms with Crippen LogP contribution in [-0.4, -0.2) is 27.0 Å². The van der Waals surface area contributed by atoms with Crippen molar-refractivity contribution in [2.24, 2.45) is 5.92 Å². The summed E-state index contributed by atoms with van der Waals surface area (Å²) in [5.41, 5.74) is 5.53. The number of aromatic nitrogens is 3. The molecule has 0 saturated heterocycles. The molecular weight excluding hydrogens is 372 g/mol. The topological polar surface area (TPSA) is 59.3 Å². The highest BCUT2D eigenvalue weighted by molar-refractivity contribution is 5.95. The Morgan fingerprint density at radius 3 is 2.50 bits per heavy atom. The molecule has 1 atom stereocenters. The van der Waals surface area contributed by atoms with Crippen molar-refractivity contribution in [3.05, 3.63) is 53.5 Å². The van der Waals surface area contributed by atoms with Gasteiger partial charge in [0.2, 0.25) is 0 Å². The minimum atomic E-state index is -0.0739. The molecule has 5 nitrogen and oxygen atoms in total. The van der Waals surface area contributed by atoms with Crippen LogP contribution >= 0.6 is 0 Å². The Balaban J connectivity index is 1.80. The standard InChI is InChI=1S/C25H34N4O/c1-6-8-9-19(7-2)14-27-25(30)22-15-26-24-23(16-28-29(24)18(22)5)21-12-10-20(11-13-21)17(3)4/h10-13,15-17,19H,6-9,14H2,1-5H3,(H,27,30)/t19-/m1/s1. The fourth-order valence-corrected chi connectivity index (χ4v) is 3.79. The number of rotatable bonds is 9. The molecule has 2 heterocycles. The van der Waals surface area contributed by atoms with Crippen molar-refractivity contribution in [3.63, 3.8) is 0 Å². The maximum absolute atomic E-state index is 12.8. The molecule has 0 aliphatic heterocycles. The molecule has 0 saturated carbocycles. The molecular formula is C25H34N4O. The monoisotopic (exact) mass is 406 g/mol. The molecule has 30 heavy (non-hydrogen) atoms. The molecule has 2 aromatic heterocycles. The number of nitrogens with one attached hydrogen (secondary N) is 1. The number of hydrogen-bond donors (Lipinski definition) is 1. The second kappa shape index (κ2) is 9.88. The number of fused-ring (bicyclic) bond motifs is 1. The van der Waals surface area contributed by atoms with Gasteiger partial charge in [0.15, 0.2) is 5.65 Å². The molecule has 0 unspecified atom stereocenters. The molecule has 160 valence electrons. The van der Waals surface area contributed by atoms with Crippen LogP contribution in [0, 0.1) is 12.8 Å². The molecule has 0 bridgehead atoms.